The maximum atomic E-state index is 14.3. The molecular formula is C16H15FNO3. The lowest BCUT2D eigenvalue weighted by molar-refractivity contribution is -0.385. The van der Waals surface area contributed by atoms with Crippen LogP contribution in [0.25, 0.3) is 0 Å². The fourth-order valence-electron chi connectivity index (χ4n) is 1.97. The van der Waals surface area contributed by atoms with Gasteiger partial charge in [-0.3, -0.25) is 10.1 Å². The number of benzene rings is 2. The number of nitro groups is 1. The van der Waals surface area contributed by atoms with Gasteiger partial charge in [-0.25, -0.2) is 4.39 Å². The summed E-state index contributed by atoms with van der Waals surface area (Å²) in [6.45, 7) is 2.00. The van der Waals surface area contributed by atoms with Crippen molar-refractivity contribution in [2.24, 2.45) is 0 Å². The van der Waals surface area contributed by atoms with Crippen LogP contribution in [-0.2, 0) is 6.61 Å². The van der Waals surface area contributed by atoms with Crippen molar-refractivity contribution in [1.82, 2.24) is 0 Å². The van der Waals surface area contributed by atoms with Gasteiger partial charge in [-0.2, -0.15) is 0 Å². The van der Waals surface area contributed by atoms with Gasteiger partial charge in [0.1, 0.15) is 6.61 Å². The third kappa shape index (κ3) is 3.56. The molecule has 0 fully saturated rings. The second-order valence-electron chi connectivity index (χ2n) is 4.45. The number of halogens is 1. The monoisotopic (exact) mass is 288 g/mol. The molecule has 5 heteroatoms. The van der Waals surface area contributed by atoms with Crippen LogP contribution in [0.15, 0.2) is 42.5 Å². The second-order valence-corrected chi connectivity index (χ2v) is 4.45. The number of hydrogen-bond acceptors (Lipinski definition) is 3. The van der Waals surface area contributed by atoms with E-state index in [-0.39, 0.29) is 23.6 Å². The Morgan fingerprint density at radius 2 is 1.95 bits per heavy atom. The van der Waals surface area contributed by atoms with Crippen LogP contribution in [0.1, 0.15) is 24.5 Å². The van der Waals surface area contributed by atoms with Crippen LogP contribution in [0.5, 0.6) is 5.75 Å². The van der Waals surface area contributed by atoms with Crippen molar-refractivity contribution in [3.63, 3.8) is 0 Å². The topological polar surface area (TPSA) is 52.4 Å². The van der Waals surface area contributed by atoms with Gasteiger partial charge in [0.2, 0.25) is 0 Å². The Labute approximate surface area is 122 Å². The van der Waals surface area contributed by atoms with Gasteiger partial charge in [-0.05, 0) is 18.1 Å². The minimum Gasteiger partial charge on any atom is -0.486 e. The van der Waals surface area contributed by atoms with Gasteiger partial charge in [-0.1, -0.05) is 37.3 Å². The molecule has 2 aromatic rings. The van der Waals surface area contributed by atoms with E-state index in [1.165, 1.54) is 18.6 Å². The number of hydrogen-bond donors (Lipinski definition) is 0. The lowest BCUT2D eigenvalue weighted by Gasteiger charge is -2.10. The Kier molecular flexibility index (Phi) is 4.87. The van der Waals surface area contributed by atoms with Crippen LogP contribution in [0.2, 0.25) is 0 Å². The quantitative estimate of drug-likeness (QED) is 0.589. The van der Waals surface area contributed by atoms with E-state index in [1.807, 2.05) is 30.3 Å². The fraction of sp³-hybridized carbons (Fsp3) is 0.188. The van der Waals surface area contributed by atoms with E-state index < -0.39 is 10.7 Å². The van der Waals surface area contributed by atoms with Gasteiger partial charge in [0.25, 0.3) is 5.69 Å². The van der Waals surface area contributed by atoms with Crippen LogP contribution in [0.4, 0.5) is 10.1 Å². The molecule has 0 aliphatic heterocycles. The minimum absolute atomic E-state index is 0.0177. The summed E-state index contributed by atoms with van der Waals surface area (Å²) in [7, 11) is 0. The van der Waals surface area contributed by atoms with Gasteiger partial charge < -0.3 is 4.74 Å². The summed E-state index contributed by atoms with van der Waals surface area (Å²) in [6, 6.07) is 11.9. The number of nitro benzene ring substituents is 1. The summed E-state index contributed by atoms with van der Waals surface area (Å²) in [5.41, 5.74) is 0.630. The SMILES string of the molecule is CC[CH]c1c([N+](=O)[O-])ccc(OCc2ccccc2)c1F. The predicted octanol–water partition coefficient (Wildman–Crippen LogP) is 4.28. The molecule has 0 bridgehead atoms. The van der Waals surface area contributed by atoms with E-state index in [1.54, 1.807) is 6.92 Å². The van der Waals surface area contributed by atoms with Crippen molar-refractivity contribution >= 4 is 5.69 Å². The van der Waals surface area contributed by atoms with Gasteiger partial charge in [-0.15, -0.1) is 0 Å². The lowest BCUT2D eigenvalue weighted by atomic mass is 10.1. The van der Waals surface area contributed by atoms with Gasteiger partial charge in [0, 0.05) is 12.5 Å². The first kappa shape index (κ1) is 15.0. The van der Waals surface area contributed by atoms with Crippen molar-refractivity contribution in [3.8, 4) is 5.75 Å². The van der Waals surface area contributed by atoms with Crippen molar-refractivity contribution in [2.45, 2.75) is 20.0 Å². The molecular weight excluding hydrogens is 273 g/mol. The molecule has 0 heterocycles. The fourth-order valence-corrected chi connectivity index (χ4v) is 1.97. The molecule has 2 rings (SSSR count). The standard InChI is InChI=1S/C16H15FNO3/c1-2-6-13-14(18(19)20)9-10-15(16(13)17)21-11-12-7-4-3-5-8-12/h3-10H,2,11H2,1H3. The first-order chi connectivity index (χ1) is 10.1. The summed E-state index contributed by atoms with van der Waals surface area (Å²) in [5.74, 6) is -0.675. The van der Waals surface area contributed by atoms with Gasteiger partial charge >= 0.3 is 0 Å². The summed E-state index contributed by atoms with van der Waals surface area (Å²) in [6.07, 6.45) is 1.99. The maximum absolute atomic E-state index is 14.3. The predicted molar refractivity (Wildman–Crippen MR) is 77.5 cm³/mol. The number of nitrogens with zero attached hydrogens (tertiary/aromatic N) is 1. The molecule has 0 saturated carbocycles. The Balaban J connectivity index is 2.24. The molecule has 0 unspecified atom stereocenters. The third-order valence-electron chi connectivity index (χ3n) is 2.96. The molecule has 0 saturated heterocycles. The molecule has 109 valence electrons. The highest BCUT2D eigenvalue weighted by Gasteiger charge is 2.21. The molecule has 21 heavy (non-hydrogen) atoms. The molecule has 0 spiro atoms. The molecule has 0 aliphatic carbocycles. The molecule has 0 N–H and O–H groups in total. The van der Waals surface area contributed by atoms with Crippen LogP contribution in [-0.4, -0.2) is 4.92 Å². The van der Waals surface area contributed by atoms with Crippen molar-refractivity contribution in [2.75, 3.05) is 0 Å². The Bertz CT molecular complexity index is 629. The summed E-state index contributed by atoms with van der Waals surface area (Å²) < 4.78 is 19.7. The van der Waals surface area contributed by atoms with E-state index in [0.29, 0.717) is 6.42 Å². The largest absolute Gasteiger partial charge is 0.486 e. The summed E-state index contributed by atoms with van der Waals surface area (Å²) in [5, 5.41) is 10.9. The molecule has 0 atom stereocenters. The molecule has 4 nitrogen and oxygen atoms in total. The molecule has 1 radical (unpaired) electrons. The highest BCUT2D eigenvalue weighted by Crippen LogP contribution is 2.31. The Morgan fingerprint density at radius 3 is 2.57 bits per heavy atom. The van der Waals surface area contributed by atoms with Crippen LogP contribution < -0.4 is 4.74 Å². The summed E-state index contributed by atoms with van der Waals surface area (Å²) >= 11 is 0. The average molecular weight is 288 g/mol. The zero-order chi connectivity index (χ0) is 15.2. The zero-order valence-corrected chi connectivity index (χ0v) is 11.6. The number of rotatable bonds is 6. The minimum atomic E-state index is -0.693. The molecule has 2 aromatic carbocycles. The molecule has 0 aromatic heterocycles. The number of ether oxygens (including phenoxy) is 1. The highest BCUT2D eigenvalue weighted by molar-refractivity contribution is 5.50. The highest BCUT2D eigenvalue weighted by atomic mass is 19.1. The van der Waals surface area contributed by atoms with E-state index >= 15 is 0 Å². The van der Waals surface area contributed by atoms with Crippen molar-refractivity contribution < 1.29 is 14.1 Å². The van der Waals surface area contributed by atoms with Crippen molar-refractivity contribution in [1.29, 1.82) is 0 Å². The van der Waals surface area contributed by atoms with E-state index in [0.717, 1.165) is 5.56 Å². The average Bonchev–Trinajstić information content (AvgIpc) is 2.49. The first-order valence-electron chi connectivity index (χ1n) is 6.60. The third-order valence-corrected chi connectivity index (χ3v) is 2.96. The normalized spacial score (nSPS) is 10.4. The Hall–Kier alpha value is -2.43. The second kappa shape index (κ2) is 6.83. The maximum Gasteiger partial charge on any atom is 0.276 e. The molecule has 0 amide bonds. The Morgan fingerprint density at radius 1 is 1.24 bits per heavy atom. The summed E-state index contributed by atoms with van der Waals surface area (Å²) in [4.78, 5) is 10.3. The van der Waals surface area contributed by atoms with E-state index in [4.69, 9.17) is 4.74 Å². The lowest BCUT2D eigenvalue weighted by Crippen LogP contribution is -2.02. The molecule has 0 aliphatic rings. The van der Waals surface area contributed by atoms with Crippen molar-refractivity contribution in [3.05, 3.63) is 75.9 Å². The zero-order valence-electron chi connectivity index (χ0n) is 11.6. The van der Waals surface area contributed by atoms with Crippen LogP contribution in [0.3, 0.4) is 0 Å². The smallest absolute Gasteiger partial charge is 0.276 e. The van der Waals surface area contributed by atoms with Gasteiger partial charge in [0.15, 0.2) is 11.6 Å². The van der Waals surface area contributed by atoms with E-state index in [9.17, 15) is 14.5 Å². The first-order valence-corrected chi connectivity index (χ1v) is 6.60. The van der Waals surface area contributed by atoms with Gasteiger partial charge in [0.05, 0.1) is 10.5 Å². The van der Waals surface area contributed by atoms with E-state index in [2.05, 4.69) is 0 Å². The van der Waals surface area contributed by atoms with Crippen LogP contribution in [0, 0.1) is 22.4 Å². The van der Waals surface area contributed by atoms with Crippen LogP contribution >= 0.6 is 0 Å².